The van der Waals surface area contributed by atoms with E-state index in [1.165, 1.54) is 11.1 Å². The standard InChI is InChI=1S/C50H64ClN5O8S2/c1-35-9-7-21-50(63-3,33-53-22-23-54-24-25-55(31-41(54)30-53)47(57)19-26-65(59,60)42-11-5-4-6-12-42)44-16-13-39(44)29-56-32-49(20-8-10-37-27-40(51)15-17-43(37)49)34-64-46-18-14-38(28-45(46)56)48(58)52-66(61,62)36(35)2/h4-7,11-12,14-15,17-18,21,27-28,35-36,39,41,44H,8-10,13,16,19-20,22-26,29-34H2,1-3H3,(H,52,58)/b21-7+/t35-,36+,39-,41?,44+,49-,50+/m0/s1. The molecule has 13 nitrogen and oxygen atoms in total. The summed E-state index contributed by atoms with van der Waals surface area (Å²) < 4.78 is 69.5. The summed E-state index contributed by atoms with van der Waals surface area (Å²) in [7, 11) is -5.82. The van der Waals surface area contributed by atoms with E-state index in [9.17, 15) is 26.4 Å². The van der Waals surface area contributed by atoms with Gasteiger partial charge in [0.05, 0.1) is 28.2 Å². The molecule has 66 heavy (non-hydrogen) atoms. The van der Waals surface area contributed by atoms with Crippen LogP contribution in [0.5, 0.6) is 5.75 Å². The molecule has 2 amide bonds. The summed E-state index contributed by atoms with van der Waals surface area (Å²) >= 11 is 6.54. The second kappa shape index (κ2) is 18.8. The Kier molecular flexibility index (Phi) is 13.4. The number of rotatable bonds is 7. The van der Waals surface area contributed by atoms with Gasteiger partial charge in [-0.3, -0.25) is 19.4 Å². The Balaban J connectivity index is 0.998. The Bertz CT molecular complexity index is 2560. The minimum absolute atomic E-state index is 0.0596. The molecule has 2 saturated heterocycles. The third-order valence-corrected chi connectivity index (χ3v) is 19.8. The van der Waals surface area contributed by atoms with Gasteiger partial charge in [0.2, 0.25) is 15.9 Å². The molecule has 16 heteroatoms. The topological polar surface area (TPSA) is 146 Å². The van der Waals surface area contributed by atoms with Crippen LogP contribution in [0.3, 0.4) is 0 Å². The monoisotopic (exact) mass is 961 g/mol. The Morgan fingerprint density at radius 2 is 1.79 bits per heavy atom. The van der Waals surface area contributed by atoms with E-state index in [2.05, 4.69) is 43.7 Å². The number of anilines is 1. The molecule has 0 radical (unpaired) electrons. The van der Waals surface area contributed by atoms with Crippen LogP contribution in [0, 0.1) is 17.8 Å². The number of allylic oxidation sites excluding steroid dienone is 1. The number of nitrogens with one attached hydrogen (secondary N) is 1. The number of fused-ring (bicyclic) bond motifs is 5. The zero-order chi connectivity index (χ0) is 46.4. The summed E-state index contributed by atoms with van der Waals surface area (Å²) in [5.74, 6) is -0.302. The predicted octanol–water partition coefficient (Wildman–Crippen LogP) is 5.96. The van der Waals surface area contributed by atoms with Gasteiger partial charge in [-0.05, 0) is 117 Å². The zero-order valence-corrected chi connectivity index (χ0v) is 40.8. The predicted molar refractivity (Wildman–Crippen MR) is 256 cm³/mol. The fourth-order valence-corrected chi connectivity index (χ4v) is 14.4. The van der Waals surface area contributed by atoms with Gasteiger partial charge in [0.1, 0.15) is 11.4 Å². The number of benzene rings is 3. The molecule has 1 saturated carbocycles. The van der Waals surface area contributed by atoms with Crippen LogP contribution in [0.4, 0.5) is 5.69 Å². The summed E-state index contributed by atoms with van der Waals surface area (Å²) in [5, 5.41) is -0.136. The number of amides is 2. The average molecular weight is 963 g/mol. The number of sulfone groups is 1. The van der Waals surface area contributed by atoms with E-state index in [-0.39, 0.29) is 57.8 Å². The molecule has 356 valence electrons. The third-order valence-electron chi connectivity index (χ3n) is 15.9. The second-order valence-electron chi connectivity index (χ2n) is 19.8. The number of piperazine rings is 2. The number of carbonyl (C=O) groups is 2. The molecule has 1 spiro atoms. The number of nitrogens with zero attached hydrogens (tertiary/aromatic N) is 4. The van der Waals surface area contributed by atoms with Crippen LogP contribution >= 0.6 is 11.6 Å². The Morgan fingerprint density at radius 1 is 0.985 bits per heavy atom. The number of methoxy groups -OCH3 is 1. The number of halogens is 1. The SMILES string of the molecule is CO[C@@]1(CN2CCN3CCN(C(=O)CCS(=O)(=O)c4ccccc4)CC3C2)/C=C/C[C@H](C)[C@@H](C)S(=O)(=O)NC(=O)c2ccc3c(c2)N(C[C@@H]2CC[C@H]21)C[C@@]1(CCCc2cc(Cl)ccc21)CO3. The van der Waals surface area contributed by atoms with Crippen molar-refractivity contribution in [1.82, 2.24) is 19.4 Å². The summed E-state index contributed by atoms with van der Waals surface area (Å²) in [6.45, 7) is 10.2. The van der Waals surface area contributed by atoms with Gasteiger partial charge in [-0.25, -0.2) is 21.6 Å². The van der Waals surface area contributed by atoms with E-state index in [1.807, 2.05) is 30.0 Å². The first kappa shape index (κ1) is 47.1. The number of hydrogen-bond acceptors (Lipinski definition) is 11. The van der Waals surface area contributed by atoms with Crippen molar-refractivity contribution in [2.24, 2.45) is 17.8 Å². The molecule has 3 aromatic carbocycles. The van der Waals surface area contributed by atoms with E-state index in [0.717, 1.165) is 64.0 Å². The Hall–Kier alpha value is -3.99. The minimum Gasteiger partial charge on any atom is -0.490 e. The minimum atomic E-state index is -4.04. The molecule has 4 heterocycles. The first-order chi connectivity index (χ1) is 31.6. The molecule has 0 aromatic heterocycles. The maximum atomic E-state index is 13.8. The summed E-state index contributed by atoms with van der Waals surface area (Å²) in [6.07, 6.45) is 9.50. The molecule has 7 atom stereocenters. The van der Waals surface area contributed by atoms with Crippen molar-refractivity contribution in [3.63, 3.8) is 0 Å². The molecule has 1 N–H and O–H groups in total. The number of sulfonamides is 1. The fourth-order valence-electron chi connectivity index (χ4n) is 11.7. The van der Waals surface area contributed by atoms with E-state index < -0.39 is 36.6 Å². The highest BCUT2D eigenvalue weighted by atomic mass is 35.5. The molecule has 2 aliphatic carbocycles. The van der Waals surface area contributed by atoms with Gasteiger partial charge in [0, 0.05) is 94.5 Å². The van der Waals surface area contributed by atoms with E-state index in [4.69, 9.17) is 21.1 Å². The van der Waals surface area contributed by atoms with Gasteiger partial charge in [-0.2, -0.15) is 0 Å². The van der Waals surface area contributed by atoms with Gasteiger partial charge < -0.3 is 19.3 Å². The van der Waals surface area contributed by atoms with Crippen molar-refractivity contribution < 1.29 is 35.9 Å². The van der Waals surface area contributed by atoms with Crippen molar-refractivity contribution >= 4 is 49.0 Å². The highest BCUT2D eigenvalue weighted by Gasteiger charge is 2.50. The summed E-state index contributed by atoms with van der Waals surface area (Å²) in [5.41, 5.74) is 2.48. The van der Waals surface area contributed by atoms with Gasteiger partial charge in [-0.15, -0.1) is 0 Å². The lowest BCUT2D eigenvalue weighted by Gasteiger charge is -2.53. The molecule has 1 unspecified atom stereocenters. The van der Waals surface area contributed by atoms with Crippen LogP contribution in [0.1, 0.15) is 73.9 Å². The normalized spacial score (nSPS) is 31.0. The molecule has 2 bridgehead atoms. The maximum Gasteiger partial charge on any atom is 0.264 e. The number of hydrogen-bond donors (Lipinski definition) is 1. The molecular weight excluding hydrogens is 898 g/mol. The first-order valence-corrected chi connectivity index (χ1v) is 27.3. The smallest absolute Gasteiger partial charge is 0.264 e. The lowest BCUT2D eigenvalue weighted by atomic mass is 9.63. The third kappa shape index (κ3) is 9.41. The fraction of sp³-hybridized carbons (Fsp3) is 0.560. The van der Waals surface area contributed by atoms with Gasteiger partial charge in [0.25, 0.3) is 5.91 Å². The van der Waals surface area contributed by atoms with Gasteiger partial charge >= 0.3 is 0 Å². The molecule has 9 rings (SSSR count). The molecular formula is C50H64ClN5O8S2. The van der Waals surface area contributed by atoms with Gasteiger partial charge in [0.15, 0.2) is 9.84 Å². The summed E-state index contributed by atoms with van der Waals surface area (Å²) in [4.78, 5) is 36.7. The van der Waals surface area contributed by atoms with E-state index >= 15 is 0 Å². The van der Waals surface area contributed by atoms with Crippen LogP contribution in [-0.4, -0.2) is 139 Å². The first-order valence-electron chi connectivity index (χ1n) is 23.7. The van der Waals surface area contributed by atoms with Crippen LogP contribution in [0.2, 0.25) is 5.02 Å². The quantitative estimate of drug-likeness (QED) is 0.280. The molecule has 3 aromatic rings. The summed E-state index contributed by atoms with van der Waals surface area (Å²) in [6, 6.07) is 19.9. The van der Waals surface area contributed by atoms with E-state index in [1.54, 1.807) is 50.4 Å². The maximum absolute atomic E-state index is 13.8. The molecule has 4 aliphatic heterocycles. The number of carbonyl (C=O) groups excluding carboxylic acids is 2. The lowest BCUT2D eigenvalue weighted by molar-refractivity contribution is -0.136. The number of ether oxygens (including phenoxy) is 2. The van der Waals surface area contributed by atoms with Crippen LogP contribution in [-0.2, 0) is 41.2 Å². The zero-order valence-electron chi connectivity index (χ0n) is 38.4. The second-order valence-corrected chi connectivity index (χ2v) is 24.4. The highest BCUT2D eigenvalue weighted by molar-refractivity contribution is 7.91. The van der Waals surface area contributed by atoms with Crippen molar-refractivity contribution in [2.45, 2.75) is 86.0 Å². The van der Waals surface area contributed by atoms with E-state index in [0.29, 0.717) is 56.5 Å². The van der Waals surface area contributed by atoms with Crippen LogP contribution in [0.15, 0.2) is 83.8 Å². The van der Waals surface area contributed by atoms with Crippen molar-refractivity contribution in [1.29, 1.82) is 0 Å². The molecule has 3 fully saturated rings. The highest BCUT2D eigenvalue weighted by Crippen LogP contribution is 2.49. The van der Waals surface area contributed by atoms with Crippen molar-refractivity contribution in [3.05, 3.63) is 101 Å². The Labute approximate surface area is 395 Å². The van der Waals surface area contributed by atoms with Crippen molar-refractivity contribution in [2.75, 3.05) is 83.3 Å². The largest absolute Gasteiger partial charge is 0.490 e. The Morgan fingerprint density at radius 3 is 2.56 bits per heavy atom. The van der Waals surface area contributed by atoms with Gasteiger partial charge in [-0.1, -0.05) is 54.9 Å². The van der Waals surface area contributed by atoms with Crippen LogP contribution < -0.4 is 14.4 Å². The lowest BCUT2D eigenvalue weighted by Crippen LogP contribution is -2.65. The van der Waals surface area contributed by atoms with Crippen LogP contribution in [0.25, 0.3) is 0 Å². The molecule has 6 aliphatic rings. The number of aryl methyl sites for hydroxylation is 1. The van der Waals surface area contributed by atoms with Crippen molar-refractivity contribution in [3.8, 4) is 5.75 Å². The average Bonchev–Trinajstić information content (AvgIpc) is 3.45.